The second-order valence-electron chi connectivity index (χ2n) is 5.01. The third kappa shape index (κ3) is 2.66. The number of rotatable bonds is 2. The van der Waals surface area contributed by atoms with Crippen LogP contribution in [-0.4, -0.2) is 21.5 Å². The molecule has 2 heterocycles. The van der Waals surface area contributed by atoms with Gasteiger partial charge < -0.3 is 5.32 Å². The SMILES string of the molecule is CC(C)(C)CNc1ccc2nccnc2n1. The van der Waals surface area contributed by atoms with Crippen LogP contribution < -0.4 is 5.32 Å². The Morgan fingerprint density at radius 2 is 1.88 bits per heavy atom. The number of hydrogen-bond acceptors (Lipinski definition) is 4. The third-order valence-electron chi connectivity index (χ3n) is 2.13. The van der Waals surface area contributed by atoms with Crippen molar-refractivity contribution in [3.8, 4) is 0 Å². The number of fused-ring (bicyclic) bond motifs is 1. The maximum atomic E-state index is 4.39. The van der Waals surface area contributed by atoms with Gasteiger partial charge in [0, 0.05) is 18.9 Å². The van der Waals surface area contributed by atoms with Gasteiger partial charge in [-0.25, -0.2) is 9.97 Å². The standard InChI is InChI=1S/C12H16N4/c1-12(2,3)8-15-10-5-4-9-11(16-10)14-7-6-13-9/h4-7H,8H2,1-3H3,(H,14,15,16). The third-order valence-corrected chi connectivity index (χ3v) is 2.13. The molecule has 0 fully saturated rings. The predicted molar refractivity (Wildman–Crippen MR) is 65.3 cm³/mol. The van der Waals surface area contributed by atoms with Gasteiger partial charge in [-0.05, 0) is 17.5 Å². The number of aromatic nitrogens is 3. The molecule has 0 amide bonds. The first-order valence-corrected chi connectivity index (χ1v) is 5.36. The van der Waals surface area contributed by atoms with Gasteiger partial charge in [-0.1, -0.05) is 20.8 Å². The first-order chi connectivity index (χ1) is 7.54. The Morgan fingerprint density at radius 1 is 1.12 bits per heavy atom. The second-order valence-corrected chi connectivity index (χ2v) is 5.01. The molecule has 0 aliphatic carbocycles. The Morgan fingerprint density at radius 3 is 2.62 bits per heavy atom. The Kier molecular flexibility index (Phi) is 2.73. The highest BCUT2D eigenvalue weighted by Crippen LogP contribution is 2.15. The quantitative estimate of drug-likeness (QED) is 0.837. The Hall–Kier alpha value is -1.71. The van der Waals surface area contributed by atoms with Crippen LogP contribution in [0.25, 0.3) is 11.2 Å². The highest BCUT2D eigenvalue weighted by Gasteiger charge is 2.09. The Balaban J connectivity index is 2.20. The fraction of sp³-hybridized carbons (Fsp3) is 0.417. The van der Waals surface area contributed by atoms with Crippen LogP contribution in [0.15, 0.2) is 24.5 Å². The molecule has 0 saturated carbocycles. The molecule has 0 radical (unpaired) electrons. The lowest BCUT2D eigenvalue weighted by molar-refractivity contribution is 0.442. The molecule has 0 aliphatic heterocycles. The zero-order chi connectivity index (χ0) is 11.6. The van der Waals surface area contributed by atoms with Crippen LogP contribution in [-0.2, 0) is 0 Å². The average Bonchev–Trinajstić information content (AvgIpc) is 2.25. The smallest absolute Gasteiger partial charge is 0.180 e. The summed E-state index contributed by atoms with van der Waals surface area (Å²) in [7, 11) is 0. The van der Waals surface area contributed by atoms with Crippen molar-refractivity contribution in [3.05, 3.63) is 24.5 Å². The zero-order valence-electron chi connectivity index (χ0n) is 9.86. The Labute approximate surface area is 95.1 Å². The summed E-state index contributed by atoms with van der Waals surface area (Å²) in [6, 6.07) is 3.86. The maximum Gasteiger partial charge on any atom is 0.180 e. The van der Waals surface area contributed by atoms with Crippen molar-refractivity contribution in [3.63, 3.8) is 0 Å². The monoisotopic (exact) mass is 216 g/mol. The van der Waals surface area contributed by atoms with E-state index in [2.05, 4.69) is 41.0 Å². The molecule has 4 heteroatoms. The van der Waals surface area contributed by atoms with E-state index in [1.165, 1.54) is 0 Å². The molecule has 2 aromatic rings. The molecule has 1 N–H and O–H groups in total. The van der Waals surface area contributed by atoms with Crippen LogP contribution in [0.4, 0.5) is 5.82 Å². The molecule has 84 valence electrons. The maximum absolute atomic E-state index is 4.39. The summed E-state index contributed by atoms with van der Waals surface area (Å²) in [6.07, 6.45) is 3.33. The lowest BCUT2D eigenvalue weighted by Gasteiger charge is -2.19. The summed E-state index contributed by atoms with van der Waals surface area (Å²) < 4.78 is 0. The van der Waals surface area contributed by atoms with Crippen molar-refractivity contribution in [2.45, 2.75) is 20.8 Å². The predicted octanol–water partition coefficient (Wildman–Crippen LogP) is 2.48. The number of pyridine rings is 1. The summed E-state index contributed by atoms with van der Waals surface area (Å²) >= 11 is 0. The van der Waals surface area contributed by atoms with Gasteiger partial charge in [0.05, 0.1) is 0 Å². The van der Waals surface area contributed by atoms with E-state index in [0.717, 1.165) is 17.9 Å². The fourth-order valence-corrected chi connectivity index (χ4v) is 1.31. The molecule has 4 nitrogen and oxygen atoms in total. The Bertz CT molecular complexity index is 488. The van der Waals surface area contributed by atoms with Crippen LogP contribution in [0.3, 0.4) is 0 Å². The average molecular weight is 216 g/mol. The molecule has 0 saturated heterocycles. The lowest BCUT2D eigenvalue weighted by Crippen LogP contribution is -2.19. The van der Waals surface area contributed by atoms with Crippen LogP contribution in [0.2, 0.25) is 0 Å². The highest BCUT2D eigenvalue weighted by atomic mass is 15.0. The largest absolute Gasteiger partial charge is 0.369 e. The van der Waals surface area contributed by atoms with Crippen LogP contribution in [0.5, 0.6) is 0 Å². The zero-order valence-corrected chi connectivity index (χ0v) is 9.86. The van der Waals surface area contributed by atoms with E-state index < -0.39 is 0 Å². The molecule has 0 aliphatic rings. The first kappa shape index (κ1) is 10.8. The molecule has 0 aromatic carbocycles. The molecule has 0 atom stereocenters. The van der Waals surface area contributed by atoms with Gasteiger partial charge in [-0.2, -0.15) is 0 Å². The fourth-order valence-electron chi connectivity index (χ4n) is 1.31. The molecule has 16 heavy (non-hydrogen) atoms. The van der Waals surface area contributed by atoms with Crippen LogP contribution in [0.1, 0.15) is 20.8 Å². The summed E-state index contributed by atoms with van der Waals surface area (Å²) in [5.74, 6) is 0.850. The number of nitrogens with zero attached hydrogens (tertiary/aromatic N) is 3. The van der Waals surface area contributed by atoms with Crippen molar-refractivity contribution in [2.75, 3.05) is 11.9 Å². The molecule has 0 unspecified atom stereocenters. The summed E-state index contributed by atoms with van der Waals surface area (Å²) in [5.41, 5.74) is 1.74. The molecule has 2 rings (SSSR count). The van der Waals surface area contributed by atoms with E-state index in [0.29, 0.717) is 5.65 Å². The van der Waals surface area contributed by atoms with Gasteiger partial charge >= 0.3 is 0 Å². The summed E-state index contributed by atoms with van der Waals surface area (Å²) in [5, 5.41) is 3.30. The van der Waals surface area contributed by atoms with E-state index in [-0.39, 0.29) is 5.41 Å². The van der Waals surface area contributed by atoms with E-state index in [1.807, 2.05) is 12.1 Å². The highest BCUT2D eigenvalue weighted by molar-refractivity contribution is 5.71. The van der Waals surface area contributed by atoms with Crippen molar-refractivity contribution in [1.82, 2.24) is 15.0 Å². The van der Waals surface area contributed by atoms with Gasteiger partial charge in [-0.3, -0.25) is 4.98 Å². The molecule has 0 spiro atoms. The summed E-state index contributed by atoms with van der Waals surface area (Å²) in [4.78, 5) is 12.7. The number of anilines is 1. The number of nitrogens with one attached hydrogen (secondary N) is 1. The van der Waals surface area contributed by atoms with Crippen LogP contribution >= 0.6 is 0 Å². The van der Waals surface area contributed by atoms with Gasteiger partial charge in [0.1, 0.15) is 11.3 Å². The normalized spacial score (nSPS) is 11.7. The van der Waals surface area contributed by atoms with Crippen LogP contribution in [0, 0.1) is 5.41 Å². The minimum Gasteiger partial charge on any atom is -0.369 e. The van der Waals surface area contributed by atoms with E-state index in [9.17, 15) is 0 Å². The molecular formula is C12H16N4. The van der Waals surface area contributed by atoms with E-state index >= 15 is 0 Å². The lowest BCUT2D eigenvalue weighted by atomic mass is 9.97. The summed E-state index contributed by atoms with van der Waals surface area (Å²) in [6.45, 7) is 7.42. The second kappa shape index (κ2) is 4.04. The topological polar surface area (TPSA) is 50.7 Å². The number of hydrogen-bond donors (Lipinski definition) is 1. The molecule has 0 bridgehead atoms. The van der Waals surface area contributed by atoms with E-state index in [4.69, 9.17) is 0 Å². The van der Waals surface area contributed by atoms with Crippen molar-refractivity contribution < 1.29 is 0 Å². The van der Waals surface area contributed by atoms with Gasteiger partial charge in [-0.15, -0.1) is 0 Å². The first-order valence-electron chi connectivity index (χ1n) is 5.36. The van der Waals surface area contributed by atoms with E-state index in [1.54, 1.807) is 12.4 Å². The van der Waals surface area contributed by atoms with Gasteiger partial charge in [0.15, 0.2) is 5.65 Å². The van der Waals surface area contributed by atoms with Crippen molar-refractivity contribution in [1.29, 1.82) is 0 Å². The van der Waals surface area contributed by atoms with Crippen molar-refractivity contribution >= 4 is 17.0 Å². The minimum atomic E-state index is 0.235. The van der Waals surface area contributed by atoms with Crippen molar-refractivity contribution in [2.24, 2.45) is 5.41 Å². The molecule has 2 aromatic heterocycles. The van der Waals surface area contributed by atoms with Gasteiger partial charge in [0.25, 0.3) is 0 Å². The molecular weight excluding hydrogens is 200 g/mol. The van der Waals surface area contributed by atoms with Gasteiger partial charge in [0.2, 0.25) is 0 Å². The minimum absolute atomic E-state index is 0.235.